The molecule has 9 atom stereocenters. The van der Waals surface area contributed by atoms with Crippen LogP contribution >= 0.6 is 23.5 Å². The van der Waals surface area contributed by atoms with Gasteiger partial charge in [-0.1, -0.05) is 0 Å². The van der Waals surface area contributed by atoms with E-state index in [4.69, 9.17) is 24.3 Å². The van der Waals surface area contributed by atoms with E-state index in [2.05, 4.69) is 23.8 Å². The number of hydrogen-bond donors (Lipinski definition) is 8. The highest BCUT2D eigenvalue weighted by atomic mass is 31.3. The molecule has 0 spiro atoms. The van der Waals surface area contributed by atoms with Gasteiger partial charge in [0, 0.05) is 18.7 Å². The zero-order valence-electron chi connectivity index (χ0n) is 22.8. The Bertz CT molecular complexity index is 1850. The quantitative estimate of drug-likeness (QED) is 0.0904. The lowest BCUT2D eigenvalue weighted by atomic mass is 10.1. The molecule has 254 valence electrons. The van der Waals surface area contributed by atoms with Gasteiger partial charge in [-0.15, -0.1) is 0 Å². The van der Waals surface area contributed by atoms with Gasteiger partial charge in [0.15, 0.2) is 17.7 Å². The molecule has 3 aromatic heterocycles. The first kappa shape index (κ1) is 34.6. The minimum Gasteiger partial charge on any atom is -0.394 e. The smallest absolute Gasteiger partial charge is 0.394 e. The lowest BCUT2D eigenvalue weighted by Crippen LogP contribution is -2.35. The van der Waals surface area contributed by atoms with Crippen molar-refractivity contribution >= 4 is 40.4 Å². The number of hydrogen-bond acceptors (Lipinski definition) is 17. The van der Waals surface area contributed by atoms with Crippen LogP contribution in [0.3, 0.4) is 0 Å². The van der Waals surface area contributed by atoms with E-state index in [-0.39, 0.29) is 23.4 Å². The molecule has 0 aliphatic carbocycles. The van der Waals surface area contributed by atoms with E-state index in [0.29, 0.717) is 0 Å². The van der Waals surface area contributed by atoms with E-state index in [1.807, 2.05) is 4.98 Å². The first-order valence-electron chi connectivity index (χ1n) is 12.7. The third-order valence-electron chi connectivity index (χ3n) is 6.63. The van der Waals surface area contributed by atoms with Gasteiger partial charge in [0.05, 0.1) is 19.5 Å². The molecule has 2 unspecified atom stereocenters. The van der Waals surface area contributed by atoms with Crippen molar-refractivity contribution in [2.45, 2.75) is 49.4 Å². The number of imidazole rings is 1. The molecule has 0 amide bonds. The van der Waals surface area contributed by atoms with E-state index < -0.39 is 90.9 Å². The van der Waals surface area contributed by atoms with Crippen molar-refractivity contribution in [3.63, 3.8) is 0 Å². The van der Waals surface area contributed by atoms with Crippen LogP contribution in [0.4, 0.5) is 5.82 Å². The van der Waals surface area contributed by atoms with Gasteiger partial charge in [-0.2, -0.15) is 4.31 Å². The van der Waals surface area contributed by atoms with Gasteiger partial charge in [0.1, 0.15) is 48.6 Å². The van der Waals surface area contributed by atoms with Crippen LogP contribution in [0, 0.1) is 0 Å². The summed E-state index contributed by atoms with van der Waals surface area (Å²) < 4.78 is 68.6. The SMILES string of the molecule is Nc1ncnc2c1ncn2[C@@H]1O[C@H](COP(=O)(O)OP(=O)(O)O[C@H]2C[C@H](n3ccc(=O)[nH]c3=O)O[C@@H]2CO)[C@@H](OP(=O)(O)O)[C@H]1O. The molecule has 0 bridgehead atoms. The zero-order chi connectivity index (χ0) is 33.6. The molecule has 27 heteroatoms. The van der Waals surface area contributed by atoms with Crippen molar-refractivity contribution in [3.8, 4) is 0 Å². The molecule has 24 nitrogen and oxygen atoms in total. The number of ether oxygens (including phenoxy) is 2. The molecule has 5 heterocycles. The molecule has 46 heavy (non-hydrogen) atoms. The van der Waals surface area contributed by atoms with Gasteiger partial charge in [-0.25, -0.2) is 33.4 Å². The first-order valence-corrected chi connectivity index (χ1v) is 17.3. The molecule has 0 saturated carbocycles. The number of fused-ring (bicyclic) bond motifs is 1. The Kier molecular flexibility index (Phi) is 9.80. The number of rotatable bonds is 12. The Morgan fingerprint density at radius 2 is 1.76 bits per heavy atom. The summed E-state index contributed by atoms with van der Waals surface area (Å²) >= 11 is 0. The second-order valence-corrected chi connectivity index (χ2v) is 13.9. The standard InChI is InChI=1S/C19H26N7O17P3/c20-16-13-17(22-6-21-16)26(7-23-13)18-14(29)15(42-44(31,32)33)10(40-18)5-38-45(34,35)43-46(36,37)41-8-3-12(39-9(8)4-27)25-2-1-11(28)24-19(25)30/h1-2,6-10,12,14-15,18,27,29H,3-5H2,(H,34,35)(H,36,37)(H2,20,21,22)(H,24,28,30)(H2,31,32,33)/t8-,9+,10+,12+,14+,15+,18+/m0/s1. The molecule has 2 aliphatic rings. The van der Waals surface area contributed by atoms with Crippen LogP contribution in [-0.4, -0.2) is 103 Å². The van der Waals surface area contributed by atoms with Crippen molar-refractivity contribution < 1.29 is 70.8 Å². The van der Waals surface area contributed by atoms with E-state index in [1.54, 1.807) is 0 Å². The fourth-order valence-electron chi connectivity index (χ4n) is 4.74. The Morgan fingerprint density at radius 3 is 2.43 bits per heavy atom. The number of aromatic amines is 1. The number of aliphatic hydroxyl groups is 2. The highest BCUT2D eigenvalue weighted by Gasteiger charge is 2.50. The van der Waals surface area contributed by atoms with Gasteiger partial charge in [0.25, 0.3) is 5.56 Å². The van der Waals surface area contributed by atoms with Gasteiger partial charge in [0.2, 0.25) is 0 Å². The van der Waals surface area contributed by atoms with E-state index in [0.717, 1.165) is 34.1 Å². The third kappa shape index (κ3) is 7.68. The third-order valence-corrected chi connectivity index (χ3v) is 9.81. The number of nitrogens with one attached hydrogen (secondary N) is 1. The molecular weight excluding hydrogens is 691 g/mol. The molecular formula is C19H26N7O17P3. The summed E-state index contributed by atoms with van der Waals surface area (Å²) in [6, 6.07) is 0.999. The first-order chi connectivity index (χ1) is 21.5. The lowest BCUT2D eigenvalue weighted by molar-refractivity contribution is -0.0514. The summed E-state index contributed by atoms with van der Waals surface area (Å²) in [6.07, 6.45) is -8.13. The van der Waals surface area contributed by atoms with Crippen molar-refractivity contribution in [2.24, 2.45) is 0 Å². The van der Waals surface area contributed by atoms with Gasteiger partial charge in [-0.05, 0) is 0 Å². The van der Waals surface area contributed by atoms with Crippen LogP contribution in [-0.2, 0) is 41.1 Å². The number of phosphoric ester groups is 3. The van der Waals surface area contributed by atoms with Gasteiger partial charge >= 0.3 is 29.2 Å². The average molecular weight is 717 g/mol. The predicted octanol–water partition coefficient (Wildman–Crippen LogP) is -2.41. The molecule has 3 aromatic rings. The fourth-order valence-corrected chi connectivity index (χ4v) is 7.60. The maximum atomic E-state index is 12.7. The van der Waals surface area contributed by atoms with Crippen LogP contribution in [0.1, 0.15) is 18.9 Å². The Balaban J connectivity index is 1.27. The minimum absolute atomic E-state index is 0.0346. The van der Waals surface area contributed by atoms with Crippen molar-refractivity contribution in [2.75, 3.05) is 18.9 Å². The molecule has 2 fully saturated rings. The number of H-pyrrole nitrogens is 1. The normalized spacial score (nSPS) is 29.6. The molecule has 2 saturated heterocycles. The van der Waals surface area contributed by atoms with Crippen molar-refractivity contribution in [1.82, 2.24) is 29.1 Å². The number of phosphoric acid groups is 3. The van der Waals surface area contributed by atoms with Gasteiger partial charge < -0.3 is 45.0 Å². The topological polar surface area (TPSA) is 352 Å². The zero-order valence-corrected chi connectivity index (χ0v) is 25.5. The summed E-state index contributed by atoms with van der Waals surface area (Å²) in [6.45, 7) is -1.90. The number of aliphatic hydroxyl groups excluding tert-OH is 2. The number of nitrogens with zero attached hydrogens (tertiary/aromatic N) is 5. The monoisotopic (exact) mass is 717 g/mol. The second kappa shape index (κ2) is 13.0. The number of nitrogen functional groups attached to an aromatic ring is 1. The Morgan fingerprint density at radius 1 is 1.02 bits per heavy atom. The molecule has 9 N–H and O–H groups in total. The van der Waals surface area contributed by atoms with Crippen LogP contribution in [0.5, 0.6) is 0 Å². The molecule has 2 aliphatic heterocycles. The summed E-state index contributed by atoms with van der Waals surface area (Å²) in [5.74, 6) is -0.0385. The summed E-state index contributed by atoms with van der Waals surface area (Å²) in [5.41, 5.74) is 4.27. The maximum absolute atomic E-state index is 12.7. The number of anilines is 1. The largest absolute Gasteiger partial charge is 0.481 e. The number of aromatic nitrogens is 6. The summed E-state index contributed by atoms with van der Waals surface area (Å²) in [7, 11) is -16.4. The van der Waals surface area contributed by atoms with Crippen molar-refractivity contribution in [3.05, 3.63) is 45.8 Å². The summed E-state index contributed by atoms with van der Waals surface area (Å²) in [5, 5.41) is 20.5. The molecule has 0 aromatic carbocycles. The highest BCUT2D eigenvalue weighted by Crippen LogP contribution is 2.62. The summed E-state index contributed by atoms with van der Waals surface area (Å²) in [4.78, 5) is 76.2. The van der Waals surface area contributed by atoms with Crippen LogP contribution in [0.15, 0.2) is 34.5 Å². The molecule has 5 rings (SSSR count). The fraction of sp³-hybridized carbons (Fsp3) is 0.526. The highest BCUT2D eigenvalue weighted by molar-refractivity contribution is 7.61. The second-order valence-electron chi connectivity index (χ2n) is 9.72. The van der Waals surface area contributed by atoms with E-state index in [9.17, 15) is 53.1 Å². The number of nitrogens with two attached hydrogens (primary N) is 1. The molecule has 0 radical (unpaired) electrons. The minimum atomic E-state index is -5.56. The Labute approximate surface area is 254 Å². The Hall–Kier alpha value is -2.76. The van der Waals surface area contributed by atoms with Crippen molar-refractivity contribution in [1.29, 1.82) is 0 Å². The van der Waals surface area contributed by atoms with Crippen LogP contribution in [0.25, 0.3) is 11.2 Å². The maximum Gasteiger partial charge on any atom is 0.481 e. The van der Waals surface area contributed by atoms with E-state index in [1.165, 1.54) is 0 Å². The average Bonchev–Trinajstić information content (AvgIpc) is 3.62. The predicted molar refractivity (Wildman–Crippen MR) is 145 cm³/mol. The van der Waals surface area contributed by atoms with Gasteiger partial charge in [-0.3, -0.25) is 32.5 Å². The van der Waals surface area contributed by atoms with Crippen LogP contribution in [0.2, 0.25) is 0 Å². The van der Waals surface area contributed by atoms with Crippen LogP contribution < -0.4 is 17.0 Å². The van der Waals surface area contributed by atoms with E-state index >= 15 is 0 Å². The lowest BCUT2D eigenvalue weighted by Gasteiger charge is -2.23.